The van der Waals surface area contributed by atoms with E-state index in [1.165, 1.54) is 0 Å². The van der Waals surface area contributed by atoms with E-state index in [0.717, 1.165) is 11.3 Å². The van der Waals surface area contributed by atoms with Crippen LogP contribution in [0.2, 0.25) is 5.02 Å². The Labute approximate surface area is 164 Å². The second kappa shape index (κ2) is 8.87. The lowest BCUT2D eigenvalue weighted by Crippen LogP contribution is -2.52. The van der Waals surface area contributed by atoms with Gasteiger partial charge in [0.1, 0.15) is 12.4 Å². The van der Waals surface area contributed by atoms with Crippen LogP contribution in [0, 0.1) is 0 Å². The molecule has 26 heavy (non-hydrogen) atoms. The molecule has 138 valence electrons. The molecule has 0 heterocycles. The van der Waals surface area contributed by atoms with Crippen molar-refractivity contribution in [2.24, 2.45) is 0 Å². The summed E-state index contributed by atoms with van der Waals surface area (Å²) in [5, 5.41) is 4.08. The number of hydrogen-bond donors (Lipinski definition) is 3. The van der Waals surface area contributed by atoms with Crippen LogP contribution in [0.1, 0.15) is 36.7 Å². The predicted octanol–water partition coefficient (Wildman–Crippen LogP) is 3.83. The van der Waals surface area contributed by atoms with Gasteiger partial charge in [0.2, 0.25) is 0 Å². The van der Waals surface area contributed by atoms with E-state index in [0.29, 0.717) is 22.3 Å². The van der Waals surface area contributed by atoms with Gasteiger partial charge in [-0.15, -0.1) is 0 Å². The molecule has 7 heteroatoms. The van der Waals surface area contributed by atoms with Crippen LogP contribution in [-0.4, -0.2) is 16.6 Å². The highest BCUT2D eigenvalue weighted by Crippen LogP contribution is 2.17. The largest absolute Gasteiger partial charge is 0.489 e. The molecule has 0 spiro atoms. The average Bonchev–Trinajstić information content (AvgIpc) is 2.58. The number of amides is 1. The van der Waals surface area contributed by atoms with Crippen molar-refractivity contribution in [1.29, 1.82) is 0 Å². The van der Waals surface area contributed by atoms with E-state index >= 15 is 0 Å². The number of nitrogens with one attached hydrogen (secondary N) is 3. The molecule has 0 saturated carbocycles. The Morgan fingerprint density at radius 3 is 2.23 bits per heavy atom. The summed E-state index contributed by atoms with van der Waals surface area (Å²) >= 11 is 11.0. The molecule has 3 N–H and O–H groups in total. The number of hydrazine groups is 1. The molecule has 0 aliphatic carbocycles. The van der Waals surface area contributed by atoms with Crippen LogP contribution in [0.3, 0.4) is 0 Å². The molecule has 0 unspecified atom stereocenters. The molecule has 2 rings (SSSR count). The average molecular weight is 392 g/mol. The van der Waals surface area contributed by atoms with Crippen molar-refractivity contribution in [3.63, 3.8) is 0 Å². The number of benzene rings is 2. The Bertz CT molecular complexity index is 756. The second-order valence-electron chi connectivity index (χ2n) is 6.72. The lowest BCUT2D eigenvalue weighted by atomic mass is 10.1. The molecule has 0 atom stereocenters. The highest BCUT2D eigenvalue weighted by molar-refractivity contribution is 7.80. The highest BCUT2D eigenvalue weighted by Gasteiger charge is 2.12. The van der Waals surface area contributed by atoms with Crippen LogP contribution >= 0.6 is 23.8 Å². The minimum atomic E-state index is -0.270. The maximum absolute atomic E-state index is 12.1. The number of hydrogen-bond acceptors (Lipinski definition) is 3. The SMILES string of the molecule is CC(C)(C)NC(=S)NNC(=O)c1ccc(COc2ccc(Cl)cc2)cc1. The zero-order valence-electron chi connectivity index (χ0n) is 14.9. The third-order valence-corrected chi connectivity index (χ3v) is 3.67. The molecule has 0 aliphatic rings. The minimum Gasteiger partial charge on any atom is -0.489 e. The van der Waals surface area contributed by atoms with Gasteiger partial charge in [-0.05, 0) is 75.0 Å². The van der Waals surface area contributed by atoms with Gasteiger partial charge in [0.05, 0.1) is 0 Å². The molecule has 2 aromatic rings. The normalized spacial score (nSPS) is 10.8. The van der Waals surface area contributed by atoms with Crippen molar-refractivity contribution >= 4 is 34.8 Å². The van der Waals surface area contributed by atoms with Crippen LogP contribution < -0.4 is 20.9 Å². The Balaban J connectivity index is 1.83. The number of carbonyl (C=O) groups is 1. The first kappa shape index (κ1) is 20.0. The minimum absolute atomic E-state index is 0.180. The van der Waals surface area contributed by atoms with Gasteiger partial charge in [-0.3, -0.25) is 15.6 Å². The van der Waals surface area contributed by atoms with Gasteiger partial charge < -0.3 is 10.1 Å². The Hall–Kier alpha value is -2.31. The van der Waals surface area contributed by atoms with Gasteiger partial charge in [-0.1, -0.05) is 23.7 Å². The van der Waals surface area contributed by atoms with Gasteiger partial charge in [0, 0.05) is 16.1 Å². The molecule has 0 aromatic heterocycles. The summed E-state index contributed by atoms with van der Waals surface area (Å²) in [4.78, 5) is 12.1. The van der Waals surface area contributed by atoms with E-state index in [4.69, 9.17) is 28.6 Å². The fourth-order valence-corrected chi connectivity index (χ4v) is 2.49. The molecule has 0 radical (unpaired) electrons. The molecule has 0 fully saturated rings. The highest BCUT2D eigenvalue weighted by atomic mass is 35.5. The van der Waals surface area contributed by atoms with Gasteiger partial charge >= 0.3 is 0 Å². The smallest absolute Gasteiger partial charge is 0.269 e. The fourth-order valence-electron chi connectivity index (χ4n) is 2.01. The first-order valence-electron chi connectivity index (χ1n) is 8.09. The summed E-state index contributed by atoms with van der Waals surface area (Å²) in [5.74, 6) is 0.466. The third-order valence-electron chi connectivity index (χ3n) is 3.21. The van der Waals surface area contributed by atoms with E-state index < -0.39 is 0 Å². The predicted molar refractivity (Wildman–Crippen MR) is 108 cm³/mol. The quantitative estimate of drug-likeness (QED) is 0.546. The van der Waals surface area contributed by atoms with Gasteiger partial charge in [0.15, 0.2) is 5.11 Å². The Morgan fingerprint density at radius 2 is 1.65 bits per heavy atom. The van der Waals surface area contributed by atoms with Crippen molar-refractivity contribution in [1.82, 2.24) is 16.2 Å². The first-order valence-corrected chi connectivity index (χ1v) is 8.87. The summed E-state index contributed by atoms with van der Waals surface area (Å²) < 4.78 is 5.68. The van der Waals surface area contributed by atoms with Crippen LogP contribution in [-0.2, 0) is 6.61 Å². The number of ether oxygens (including phenoxy) is 1. The number of carbonyl (C=O) groups excluding carboxylic acids is 1. The number of thiocarbonyl (C=S) groups is 1. The van der Waals surface area contributed by atoms with E-state index in [1.807, 2.05) is 45.0 Å². The van der Waals surface area contributed by atoms with Crippen LogP contribution in [0.25, 0.3) is 0 Å². The summed E-state index contributed by atoms with van der Waals surface area (Å²) in [6, 6.07) is 14.3. The lowest BCUT2D eigenvalue weighted by molar-refractivity contribution is 0.0943. The van der Waals surface area contributed by atoms with E-state index in [-0.39, 0.29) is 11.4 Å². The lowest BCUT2D eigenvalue weighted by Gasteiger charge is -2.23. The van der Waals surface area contributed by atoms with Gasteiger partial charge in [0.25, 0.3) is 5.91 Å². The topological polar surface area (TPSA) is 62.4 Å². The van der Waals surface area contributed by atoms with Crippen molar-refractivity contribution in [3.05, 3.63) is 64.7 Å². The van der Waals surface area contributed by atoms with Gasteiger partial charge in [-0.2, -0.15) is 0 Å². The second-order valence-corrected chi connectivity index (χ2v) is 7.57. The summed E-state index contributed by atoms with van der Waals surface area (Å²) in [5.41, 5.74) is 6.55. The molecular formula is C19H22ClN3O2S. The molecule has 0 aliphatic heterocycles. The molecule has 0 saturated heterocycles. The molecule has 5 nitrogen and oxygen atoms in total. The summed E-state index contributed by atoms with van der Waals surface area (Å²) in [6.07, 6.45) is 0. The van der Waals surface area contributed by atoms with Crippen molar-refractivity contribution in [2.45, 2.75) is 32.9 Å². The number of halogens is 1. The van der Waals surface area contributed by atoms with E-state index in [1.54, 1.807) is 24.3 Å². The van der Waals surface area contributed by atoms with E-state index in [2.05, 4.69) is 16.2 Å². The van der Waals surface area contributed by atoms with Crippen LogP contribution in [0.5, 0.6) is 5.75 Å². The summed E-state index contributed by atoms with van der Waals surface area (Å²) in [7, 11) is 0. The molecular weight excluding hydrogens is 370 g/mol. The Kier molecular flexibility index (Phi) is 6.83. The third kappa shape index (κ3) is 6.90. The van der Waals surface area contributed by atoms with Crippen molar-refractivity contribution in [2.75, 3.05) is 0 Å². The number of rotatable bonds is 4. The first-order chi connectivity index (χ1) is 12.2. The van der Waals surface area contributed by atoms with Crippen LogP contribution in [0.15, 0.2) is 48.5 Å². The van der Waals surface area contributed by atoms with Gasteiger partial charge in [-0.25, -0.2) is 0 Å². The fraction of sp³-hybridized carbons (Fsp3) is 0.263. The summed E-state index contributed by atoms with van der Waals surface area (Å²) in [6.45, 7) is 6.34. The van der Waals surface area contributed by atoms with Crippen LogP contribution in [0.4, 0.5) is 0 Å². The molecule has 0 bridgehead atoms. The van der Waals surface area contributed by atoms with Crippen molar-refractivity contribution < 1.29 is 9.53 Å². The standard InChI is InChI=1S/C19H22ClN3O2S/c1-19(2,3)21-18(26)23-22-17(24)14-6-4-13(5-7-14)12-25-16-10-8-15(20)9-11-16/h4-11H,12H2,1-3H3,(H,22,24)(H2,21,23,26). The zero-order valence-corrected chi connectivity index (χ0v) is 16.5. The molecule has 1 amide bonds. The maximum atomic E-state index is 12.1. The molecule has 2 aromatic carbocycles. The zero-order chi connectivity index (χ0) is 19.2. The van der Waals surface area contributed by atoms with E-state index in [9.17, 15) is 4.79 Å². The van der Waals surface area contributed by atoms with Crippen molar-refractivity contribution in [3.8, 4) is 5.75 Å². The monoisotopic (exact) mass is 391 g/mol. The Morgan fingerprint density at radius 1 is 1.04 bits per heavy atom. The maximum Gasteiger partial charge on any atom is 0.269 e.